The van der Waals surface area contributed by atoms with Crippen molar-refractivity contribution in [2.45, 2.75) is 26.4 Å². The maximum Gasteiger partial charge on any atom is 0.191 e. The zero-order valence-electron chi connectivity index (χ0n) is 18.1. The first kappa shape index (κ1) is 24.1. The molecular weight excluding hydrogens is 492 g/mol. The van der Waals surface area contributed by atoms with Gasteiger partial charge < -0.3 is 20.5 Å². The van der Waals surface area contributed by atoms with Crippen LogP contribution in [-0.4, -0.2) is 43.5 Å². The summed E-state index contributed by atoms with van der Waals surface area (Å²) < 4.78 is 14.0. The van der Waals surface area contributed by atoms with Crippen molar-refractivity contribution in [1.82, 2.24) is 20.5 Å². The first-order valence-corrected chi connectivity index (χ1v) is 9.90. The van der Waals surface area contributed by atoms with Crippen LogP contribution in [0.2, 0.25) is 0 Å². The van der Waals surface area contributed by atoms with Crippen LogP contribution >= 0.6 is 24.0 Å². The molecule has 0 radical (unpaired) electrons. The monoisotopic (exact) mass is 523 g/mol. The van der Waals surface area contributed by atoms with E-state index in [0.717, 1.165) is 24.5 Å². The number of H-pyrrole nitrogens is 1. The van der Waals surface area contributed by atoms with Gasteiger partial charge in [-0.2, -0.15) is 0 Å². The van der Waals surface area contributed by atoms with Gasteiger partial charge in [0.2, 0.25) is 0 Å². The number of aliphatic imine (C=N–C) groups is 1. The van der Waals surface area contributed by atoms with Gasteiger partial charge in [-0.3, -0.25) is 4.99 Å². The molecule has 3 rings (SSSR count). The number of nitrogens with zero attached hydrogens (tertiary/aromatic N) is 2. The van der Waals surface area contributed by atoms with Crippen molar-refractivity contribution in [2.75, 3.05) is 27.7 Å². The third kappa shape index (κ3) is 6.18. The third-order valence-corrected chi connectivity index (χ3v) is 4.97. The van der Waals surface area contributed by atoms with Gasteiger partial charge in [-0.15, -0.1) is 24.0 Å². The number of halogens is 2. The molecule has 30 heavy (non-hydrogen) atoms. The largest absolute Gasteiger partial charge is 0.358 e. The molecule has 0 amide bonds. The summed E-state index contributed by atoms with van der Waals surface area (Å²) in [5.41, 5.74) is 5.43. The molecule has 0 aliphatic carbocycles. The number of para-hydroxylation sites is 1. The second kappa shape index (κ2) is 11.3. The average molecular weight is 523 g/mol. The second-order valence-corrected chi connectivity index (χ2v) is 7.54. The Labute approximate surface area is 195 Å². The fraction of sp³-hybridized carbons (Fsp3) is 0.348. The fourth-order valence-corrected chi connectivity index (χ4v) is 3.57. The van der Waals surface area contributed by atoms with E-state index in [2.05, 4.69) is 45.7 Å². The number of fused-ring (bicyclic) bond motifs is 1. The van der Waals surface area contributed by atoms with E-state index in [9.17, 15) is 4.39 Å². The van der Waals surface area contributed by atoms with Gasteiger partial charge >= 0.3 is 0 Å². The van der Waals surface area contributed by atoms with Crippen molar-refractivity contribution in [3.63, 3.8) is 0 Å². The molecule has 0 saturated carbocycles. The SMILES string of the molecule is CN=C(NCCc1c(C)[nH]c2ccccc12)NCc1ccc(F)c(CN(C)C)c1.I. The average Bonchev–Trinajstić information content (AvgIpc) is 3.01. The molecule has 0 aliphatic heterocycles. The standard InChI is InChI=1S/C23H30FN5.HI/c1-16-19(20-7-5-6-8-22(20)28-16)11-12-26-23(25-2)27-14-17-9-10-21(24)18(13-17)15-29(3)4;/h5-10,13,28H,11-12,14-15H2,1-4H3,(H2,25,26,27);1H. The van der Waals surface area contributed by atoms with Crippen LogP contribution in [0.3, 0.4) is 0 Å². The van der Waals surface area contributed by atoms with Gasteiger partial charge in [-0.05, 0) is 56.8 Å². The van der Waals surface area contributed by atoms with E-state index < -0.39 is 0 Å². The minimum atomic E-state index is -0.168. The molecule has 3 aromatic rings. The number of hydrogen-bond acceptors (Lipinski definition) is 2. The fourth-order valence-electron chi connectivity index (χ4n) is 3.57. The predicted octanol–water partition coefficient (Wildman–Crippen LogP) is 4.20. The Morgan fingerprint density at radius 1 is 1.13 bits per heavy atom. The second-order valence-electron chi connectivity index (χ2n) is 7.54. The highest BCUT2D eigenvalue weighted by molar-refractivity contribution is 14.0. The van der Waals surface area contributed by atoms with Gasteiger partial charge in [-0.1, -0.05) is 24.3 Å². The number of rotatable bonds is 7. The third-order valence-electron chi connectivity index (χ3n) is 4.97. The molecule has 7 heteroatoms. The molecule has 1 heterocycles. The maximum atomic E-state index is 14.0. The van der Waals surface area contributed by atoms with Gasteiger partial charge in [0.25, 0.3) is 0 Å². The number of aromatic amines is 1. The number of aryl methyl sites for hydroxylation is 1. The highest BCUT2D eigenvalue weighted by atomic mass is 127. The summed E-state index contributed by atoms with van der Waals surface area (Å²) in [6, 6.07) is 13.6. The summed E-state index contributed by atoms with van der Waals surface area (Å²) in [5, 5.41) is 7.96. The number of aromatic nitrogens is 1. The molecule has 2 aromatic carbocycles. The molecule has 0 bridgehead atoms. The van der Waals surface area contributed by atoms with Crippen molar-refractivity contribution >= 4 is 40.8 Å². The van der Waals surface area contributed by atoms with Crippen molar-refractivity contribution < 1.29 is 4.39 Å². The number of nitrogens with one attached hydrogen (secondary N) is 3. The first-order chi connectivity index (χ1) is 14.0. The Bertz CT molecular complexity index is 996. The van der Waals surface area contributed by atoms with Crippen LogP contribution in [0.15, 0.2) is 47.5 Å². The minimum Gasteiger partial charge on any atom is -0.358 e. The number of hydrogen-bond donors (Lipinski definition) is 3. The van der Waals surface area contributed by atoms with Crippen LogP contribution in [-0.2, 0) is 19.5 Å². The van der Waals surface area contributed by atoms with E-state index in [1.165, 1.54) is 28.2 Å². The molecule has 0 aliphatic rings. The number of benzene rings is 2. The predicted molar refractivity (Wildman–Crippen MR) is 134 cm³/mol. The summed E-state index contributed by atoms with van der Waals surface area (Å²) in [5.74, 6) is 0.569. The normalized spacial score (nSPS) is 11.6. The number of guanidine groups is 1. The molecule has 0 unspecified atom stereocenters. The summed E-state index contributed by atoms with van der Waals surface area (Å²) in [4.78, 5) is 9.70. The minimum absolute atomic E-state index is 0. The maximum absolute atomic E-state index is 14.0. The molecule has 0 spiro atoms. The lowest BCUT2D eigenvalue weighted by Crippen LogP contribution is -2.37. The lowest BCUT2D eigenvalue weighted by Gasteiger charge is -2.14. The summed E-state index contributed by atoms with van der Waals surface area (Å²) in [7, 11) is 5.63. The molecule has 3 N–H and O–H groups in total. The van der Waals surface area contributed by atoms with Gasteiger partial charge in [0.15, 0.2) is 5.96 Å². The van der Waals surface area contributed by atoms with Crippen LogP contribution in [0.1, 0.15) is 22.4 Å². The molecule has 1 aromatic heterocycles. The van der Waals surface area contributed by atoms with Crippen LogP contribution in [0.5, 0.6) is 0 Å². The Balaban J connectivity index is 0.00000320. The van der Waals surface area contributed by atoms with Crippen LogP contribution in [0, 0.1) is 12.7 Å². The van der Waals surface area contributed by atoms with Crippen LogP contribution < -0.4 is 10.6 Å². The zero-order valence-corrected chi connectivity index (χ0v) is 20.4. The highest BCUT2D eigenvalue weighted by Crippen LogP contribution is 2.21. The molecule has 0 fully saturated rings. The van der Waals surface area contributed by atoms with E-state index in [1.54, 1.807) is 7.05 Å². The van der Waals surface area contributed by atoms with Gasteiger partial charge in [0, 0.05) is 48.8 Å². The van der Waals surface area contributed by atoms with E-state index in [1.807, 2.05) is 37.2 Å². The van der Waals surface area contributed by atoms with Gasteiger partial charge in [0.05, 0.1) is 0 Å². The van der Waals surface area contributed by atoms with Crippen molar-refractivity contribution in [3.8, 4) is 0 Å². The van der Waals surface area contributed by atoms with Gasteiger partial charge in [0.1, 0.15) is 5.82 Å². The van der Waals surface area contributed by atoms with E-state index in [-0.39, 0.29) is 29.8 Å². The molecule has 162 valence electrons. The quantitative estimate of drug-likeness (QED) is 0.247. The Hall–Kier alpha value is -2.13. The highest BCUT2D eigenvalue weighted by Gasteiger charge is 2.09. The van der Waals surface area contributed by atoms with E-state index in [0.29, 0.717) is 18.7 Å². The van der Waals surface area contributed by atoms with Crippen molar-refractivity contribution in [3.05, 3.63) is 70.7 Å². The summed E-state index contributed by atoms with van der Waals surface area (Å²) in [6.45, 7) is 4.06. The summed E-state index contributed by atoms with van der Waals surface area (Å²) >= 11 is 0. The van der Waals surface area contributed by atoms with Crippen LogP contribution in [0.4, 0.5) is 4.39 Å². The Kier molecular flexibility index (Phi) is 9.10. The van der Waals surface area contributed by atoms with E-state index in [4.69, 9.17) is 0 Å². The Morgan fingerprint density at radius 2 is 1.90 bits per heavy atom. The molecule has 5 nitrogen and oxygen atoms in total. The summed E-state index contributed by atoms with van der Waals surface area (Å²) in [6.07, 6.45) is 0.903. The smallest absolute Gasteiger partial charge is 0.191 e. The van der Waals surface area contributed by atoms with Crippen LogP contribution in [0.25, 0.3) is 10.9 Å². The van der Waals surface area contributed by atoms with E-state index >= 15 is 0 Å². The first-order valence-electron chi connectivity index (χ1n) is 9.90. The molecule has 0 atom stereocenters. The Morgan fingerprint density at radius 3 is 2.63 bits per heavy atom. The topological polar surface area (TPSA) is 55.5 Å². The molecule has 0 saturated heterocycles. The lowest BCUT2D eigenvalue weighted by molar-refractivity contribution is 0.392. The molecular formula is C23H31FIN5. The van der Waals surface area contributed by atoms with Crippen molar-refractivity contribution in [1.29, 1.82) is 0 Å². The lowest BCUT2D eigenvalue weighted by atomic mass is 10.1. The van der Waals surface area contributed by atoms with Crippen molar-refractivity contribution in [2.24, 2.45) is 4.99 Å². The zero-order chi connectivity index (χ0) is 20.8. The van der Waals surface area contributed by atoms with Gasteiger partial charge in [-0.25, -0.2) is 4.39 Å².